The molecule has 1 aromatic heterocycles. The zero-order valence-corrected chi connectivity index (χ0v) is 17.5. The Hall–Kier alpha value is -2.11. The number of ketones is 1. The first-order chi connectivity index (χ1) is 13.3. The van der Waals surface area contributed by atoms with E-state index in [1.807, 2.05) is 11.8 Å². The Bertz CT molecular complexity index is 757. The summed E-state index contributed by atoms with van der Waals surface area (Å²) in [6, 6.07) is -0.531. The summed E-state index contributed by atoms with van der Waals surface area (Å²) in [4.78, 5) is 43.5. The predicted octanol–water partition coefficient (Wildman–Crippen LogP) is 3.81. The summed E-state index contributed by atoms with van der Waals surface area (Å²) in [6.45, 7) is 8.07. The molecular formula is C22H32N2O4. The molecule has 0 bridgehead atoms. The monoisotopic (exact) mass is 388 g/mol. The van der Waals surface area contributed by atoms with Gasteiger partial charge in [-0.3, -0.25) is 9.59 Å². The largest absolute Gasteiger partial charge is 0.461 e. The van der Waals surface area contributed by atoms with Gasteiger partial charge in [-0.2, -0.15) is 0 Å². The molecule has 1 unspecified atom stereocenters. The summed E-state index contributed by atoms with van der Waals surface area (Å²) in [6.07, 6.45) is 6.30. The molecule has 6 nitrogen and oxygen atoms in total. The van der Waals surface area contributed by atoms with Crippen LogP contribution in [0.25, 0.3) is 0 Å². The Balaban J connectivity index is 1.84. The number of amides is 1. The molecule has 2 saturated carbocycles. The number of aromatic nitrogens is 1. The highest BCUT2D eigenvalue weighted by molar-refractivity contribution is 6.06. The maximum Gasteiger partial charge on any atom is 0.355 e. The number of aromatic amines is 1. The first-order valence-corrected chi connectivity index (χ1v) is 10.6. The lowest BCUT2D eigenvalue weighted by molar-refractivity contribution is -0.136. The average molecular weight is 389 g/mol. The Kier molecular flexibility index (Phi) is 6.26. The number of nitrogens with zero attached hydrogens (tertiary/aromatic N) is 1. The average Bonchev–Trinajstić information content (AvgIpc) is 3.21. The van der Waals surface area contributed by atoms with Crippen LogP contribution in [0.4, 0.5) is 0 Å². The lowest BCUT2D eigenvalue weighted by Crippen LogP contribution is -2.47. The number of hydrogen-bond donors (Lipinski definition) is 1. The van der Waals surface area contributed by atoms with E-state index in [1.54, 1.807) is 20.8 Å². The van der Waals surface area contributed by atoms with Gasteiger partial charge in [0.15, 0.2) is 5.78 Å². The van der Waals surface area contributed by atoms with Crippen molar-refractivity contribution >= 4 is 17.7 Å². The molecule has 2 fully saturated rings. The van der Waals surface area contributed by atoms with Crippen molar-refractivity contribution in [2.45, 2.75) is 72.3 Å². The molecule has 1 amide bonds. The van der Waals surface area contributed by atoms with Gasteiger partial charge in [0.05, 0.1) is 12.6 Å². The summed E-state index contributed by atoms with van der Waals surface area (Å²) in [7, 11) is 0. The molecule has 0 aromatic carbocycles. The van der Waals surface area contributed by atoms with Gasteiger partial charge in [-0.15, -0.1) is 0 Å². The van der Waals surface area contributed by atoms with E-state index in [0.29, 0.717) is 35.0 Å². The number of carbonyl (C=O) groups excluding carboxylic acids is 3. The molecule has 2 aliphatic rings. The quantitative estimate of drug-likeness (QED) is 0.542. The molecule has 6 heteroatoms. The molecule has 1 atom stereocenters. The van der Waals surface area contributed by atoms with Crippen LogP contribution >= 0.6 is 0 Å². The molecule has 3 rings (SSSR count). The van der Waals surface area contributed by atoms with Gasteiger partial charge in [-0.1, -0.05) is 12.8 Å². The number of ether oxygens (including phenoxy) is 1. The minimum absolute atomic E-state index is 0.0533. The number of Topliss-reactive ketones (excluding diaryl/α,β-unsaturated/α-hetero) is 1. The molecule has 1 heterocycles. The van der Waals surface area contributed by atoms with Gasteiger partial charge in [-0.25, -0.2) is 4.79 Å². The third-order valence-corrected chi connectivity index (χ3v) is 6.15. The SMILES string of the molecule is CCOC(=O)c1[nH]c(C)c(C(=O)C(C)N(CC2CC2)C(=O)C2CCCC2)c1C. The predicted molar refractivity (Wildman–Crippen MR) is 106 cm³/mol. The van der Waals surface area contributed by atoms with Crippen LogP contribution < -0.4 is 0 Å². The highest BCUT2D eigenvalue weighted by Gasteiger charge is 2.37. The fraction of sp³-hybridized carbons (Fsp3) is 0.682. The molecule has 154 valence electrons. The van der Waals surface area contributed by atoms with E-state index < -0.39 is 12.0 Å². The Morgan fingerprint density at radius 1 is 1.14 bits per heavy atom. The first kappa shape index (κ1) is 20.6. The van der Waals surface area contributed by atoms with Crippen molar-refractivity contribution in [3.05, 3.63) is 22.5 Å². The number of esters is 1. The van der Waals surface area contributed by atoms with Crippen LogP contribution in [0.5, 0.6) is 0 Å². The van der Waals surface area contributed by atoms with Gasteiger partial charge in [0.1, 0.15) is 5.69 Å². The van der Waals surface area contributed by atoms with Crippen molar-refractivity contribution < 1.29 is 19.1 Å². The van der Waals surface area contributed by atoms with Crippen molar-refractivity contribution in [3.63, 3.8) is 0 Å². The summed E-state index contributed by atoms with van der Waals surface area (Å²) in [5.74, 6) is 0.142. The normalized spacial score (nSPS) is 18.1. The summed E-state index contributed by atoms with van der Waals surface area (Å²) in [5, 5.41) is 0. The van der Waals surface area contributed by atoms with E-state index >= 15 is 0 Å². The van der Waals surface area contributed by atoms with E-state index in [0.717, 1.165) is 38.5 Å². The maximum atomic E-state index is 13.4. The van der Waals surface area contributed by atoms with E-state index in [2.05, 4.69) is 4.98 Å². The first-order valence-electron chi connectivity index (χ1n) is 10.6. The van der Waals surface area contributed by atoms with Crippen LogP contribution in [0.1, 0.15) is 84.5 Å². The zero-order valence-electron chi connectivity index (χ0n) is 17.5. The van der Waals surface area contributed by atoms with E-state index in [1.165, 1.54) is 0 Å². The molecule has 0 spiro atoms. The van der Waals surface area contributed by atoms with E-state index in [-0.39, 0.29) is 24.2 Å². The van der Waals surface area contributed by atoms with Crippen molar-refractivity contribution in [2.24, 2.45) is 11.8 Å². The third-order valence-electron chi connectivity index (χ3n) is 6.15. The smallest absolute Gasteiger partial charge is 0.355 e. The van der Waals surface area contributed by atoms with E-state index in [9.17, 15) is 14.4 Å². The number of aryl methyl sites for hydroxylation is 1. The second kappa shape index (κ2) is 8.50. The minimum atomic E-state index is -0.531. The van der Waals surface area contributed by atoms with Crippen LogP contribution in [-0.2, 0) is 9.53 Å². The standard InChI is InChI=1S/C22H32N2O4/c1-5-28-22(27)19-13(2)18(14(3)23-19)20(25)15(4)24(12-16-10-11-16)21(26)17-8-6-7-9-17/h15-17,23H,5-12H2,1-4H3. The number of nitrogens with one attached hydrogen (secondary N) is 1. The zero-order chi connectivity index (χ0) is 20.4. The van der Waals surface area contributed by atoms with Gasteiger partial charge < -0.3 is 14.6 Å². The molecule has 0 aliphatic heterocycles. The Morgan fingerprint density at radius 3 is 2.36 bits per heavy atom. The highest BCUT2D eigenvalue weighted by atomic mass is 16.5. The van der Waals surface area contributed by atoms with Crippen LogP contribution in [-0.4, -0.2) is 46.7 Å². The molecule has 0 saturated heterocycles. The van der Waals surface area contributed by atoms with Crippen molar-refractivity contribution in [2.75, 3.05) is 13.2 Å². The summed E-state index contributed by atoms with van der Waals surface area (Å²) < 4.78 is 5.09. The van der Waals surface area contributed by atoms with Crippen molar-refractivity contribution in [3.8, 4) is 0 Å². The van der Waals surface area contributed by atoms with Gasteiger partial charge in [0.25, 0.3) is 0 Å². The third kappa shape index (κ3) is 4.15. The van der Waals surface area contributed by atoms with Gasteiger partial charge in [0.2, 0.25) is 5.91 Å². The van der Waals surface area contributed by atoms with Crippen molar-refractivity contribution in [1.29, 1.82) is 0 Å². The molecular weight excluding hydrogens is 356 g/mol. The number of hydrogen-bond acceptors (Lipinski definition) is 4. The Labute approximate surface area is 167 Å². The molecule has 1 aromatic rings. The fourth-order valence-electron chi connectivity index (χ4n) is 4.30. The summed E-state index contributed by atoms with van der Waals surface area (Å²) >= 11 is 0. The molecule has 28 heavy (non-hydrogen) atoms. The summed E-state index contributed by atoms with van der Waals surface area (Å²) in [5.41, 5.74) is 2.09. The van der Waals surface area contributed by atoms with Crippen LogP contribution in [0.15, 0.2) is 0 Å². The van der Waals surface area contributed by atoms with Crippen molar-refractivity contribution in [1.82, 2.24) is 9.88 Å². The fourth-order valence-corrected chi connectivity index (χ4v) is 4.30. The minimum Gasteiger partial charge on any atom is -0.461 e. The number of rotatable bonds is 8. The van der Waals surface area contributed by atoms with Gasteiger partial charge in [-0.05, 0) is 64.9 Å². The lowest BCUT2D eigenvalue weighted by Gasteiger charge is -2.31. The Morgan fingerprint density at radius 2 is 1.79 bits per heavy atom. The maximum absolute atomic E-state index is 13.4. The highest BCUT2D eigenvalue weighted by Crippen LogP contribution is 2.34. The van der Waals surface area contributed by atoms with Crippen LogP contribution in [0.3, 0.4) is 0 Å². The van der Waals surface area contributed by atoms with E-state index in [4.69, 9.17) is 4.74 Å². The molecule has 2 aliphatic carbocycles. The number of H-pyrrole nitrogens is 1. The van der Waals surface area contributed by atoms with Crippen LogP contribution in [0.2, 0.25) is 0 Å². The van der Waals surface area contributed by atoms with Gasteiger partial charge >= 0.3 is 5.97 Å². The second-order valence-corrected chi connectivity index (χ2v) is 8.30. The number of carbonyl (C=O) groups is 3. The topological polar surface area (TPSA) is 79.5 Å². The molecule has 0 radical (unpaired) electrons. The second-order valence-electron chi connectivity index (χ2n) is 8.30. The van der Waals surface area contributed by atoms with Crippen LogP contribution in [0, 0.1) is 25.7 Å². The van der Waals surface area contributed by atoms with Gasteiger partial charge in [0, 0.05) is 23.7 Å². The lowest BCUT2D eigenvalue weighted by atomic mass is 9.97. The molecule has 1 N–H and O–H groups in total.